The van der Waals surface area contributed by atoms with Gasteiger partial charge in [-0.1, -0.05) is 24.9 Å². The summed E-state index contributed by atoms with van der Waals surface area (Å²) in [7, 11) is -3.83. The van der Waals surface area contributed by atoms with Gasteiger partial charge in [-0.15, -0.1) is 0 Å². The van der Waals surface area contributed by atoms with E-state index in [-0.39, 0.29) is 35.7 Å². The Kier molecular flexibility index (Phi) is 7.85. The highest BCUT2D eigenvalue weighted by atomic mass is 35.5. The summed E-state index contributed by atoms with van der Waals surface area (Å²) in [6, 6.07) is 5.93. The van der Waals surface area contributed by atoms with Gasteiger partial charge in [-0.2, -0.15) is 4.31 Å². The lowest BCUT2D eigenvalue weighted by atomic mass is 9.97. The number of halogens is 1. The normalized spacial score (nSPS) is 28.1. The second kappa shape index (κ2) is 10.8. The second-order valence-corrected chi connectivity index (χ2v) is 13.3. The molecule has 3 saturated heterocycles. The third-order valence-corrected chi connectivity index (χ3v) is 10.7. The quantitative estimate of drug-likeness (QED) is 0.544. The van der Waals surface area contributed by atoms with E-state index in [1.54, 1.807) is 21.3 Å². The fourth-order valence-electron chi connectivity index (χ4n) is 5.93. The molecule has 0 N–H and O–H groups in total. The van der Waals surface area contributed by atoms with Crippen LogP contribution >= 0.6 is 11.6 Å². The van der Waals surface area contributed by atoms with Crippen LogP contribution in [-0.4, -0.2) is 92.7 Å². The number of rotatable bonds is 6. The summed E-state index contributed by atoms with van der Waals surface area (Å²) in [5, 5.41) is 0.483. The Bertz CT molecular complexity index is 1020. The average Bonchev–Trinajstić information content (AvgIpc) is 3.66. The maximum atomic E-state index is 13.8. The summed E-state index contributed by atoms with van der Waals surface area (Å²) < 4.78 is 40.7. The number of carbonyl (C=O) groups excluding carboxylic acids is 1. The second-order valence-electron chi connectivity index (χ2n) is 11.0. The number of amides is 1. The first-order valence-electron chi connectivity index (χ1n) is 13.3. The Morgan fingerprint density at radius 2 is 1.72 bits per heavy atom. The molecule has 200 valence electrons. The molecule has 3 heterocycles. The molecule has 1 aromatic rings. The van der Waals surface area contributed by atoms with Gasteiger partial charge in [0.1, 0.15) is 6.61 Å². The van der Waals surface area contributed by atoms with Crippen LogP contribution in [0.5, 0.6) is 0 Å². The summed E-state index contributed by atoms with van der Waals surface area (Å²) >= 11 is 6.01. The van der Waals surface area contributed by atoms with E-state index in [9.17, 15) is 13.2 Å². The van der Waals surface area contributed by atoms with Crippen molar-refractivity contribution in [2.75, 3.05) is 46.0 Å². The number of sulfonamides is 1. The third kappa shape index (κ3) is 5.55. The molecule has 1 amide bonds. The number of hydrogen-bond donors (Lipinski definition) is 0. The largest absolute Gasteiger partial charge is 0.448 e. The molecule has 2 atom stereocenters. The van der Waals surface area contributed by atoms with Crippen molar-refractivity contribution in [2.45, 2.75) is 74.9 Å². The van der Waals surface area contributed by atoms with Crippen molar-refractivity contribution in [3.63, 3.8) is 0 Å². The molecule has 1 aromatic carbocycles. The minimum atomic E-state index is -3.83. The van der Waals surface area contributed by atoms with Crippen LogP contribution in [0.2, 0.25) is 5.02 Å². The molecule has 1 aliphatic carbocycles. The van der Waals surface area contributed by atoms with Gasteiger partial charge in [0.2, 0.25) is 10.0 Å². The lowest BCUT2D eigenvalue weighted by Crippen LogP contribution is -2.59. The van der Waals surface area contributed by atoms with Gasteiger partial charge in [0.25, 0.3) is 0 Å². The molecule has 0 radical (unpaired) electrons. The van der Waals surface area contributed by atoms with Crippen LogP contribution in [0, 0.1) is 5.41 Å². The summed E-state index contributed by atoms with van der Waals surface area (Å²) in [5.74, 6) is 0. The molecule has 0 unspecified atom stereocenters. The van der Waals surface area contributed by atoms with E-state index < -0.39 is 16.1 Å². The molecule has 4 aliphatic rings. The van der Waals surface area contributed by atoms with Crippen LogP contribution in [0.25, 0.3) is 0 Å². The highest BCUT2D eigenvalue weighted by Gasteiger charge is 2.54. The third-order valence-electron chi connectivity index (χ3n) is 8.51. The Morgan fingerprint density at radius 1 is 1.06 bits per heavy atom. The average molecular weight is 540 g/mol. The van der Waals surface area contributed by atoms with E-state index in [4.69, 9.17) is 21.1 Å². The standard InChI is InChI=1S/C26H38ClN3O5S/c1-26(11-12-26)24-19-34-17-22(30(24)36(32,33)23-7-5-20(27)6-8-23)18-35-25(31)29-15-9-21(10-16-29)28-13-3-2-4-14-28/h5-8,21-22,24H,2-4,9-19H2,1H3/t22-,24+/m1/s1. The molecule has 0 aromatic heterocycles. The molecular weight excluding hydrogens is 502 g/mol. The summed E-state index contributed by atoms with van der Waals surface area (Å²) in [6.45, 7) is 6.30. The van der Waals surface area contributed by atoms with Crippen molar-refractivity contribution in [3.8, 4) is 0 Å². The van der Waals surface area contributed by atoms with Crippen molar-refractivity contribution < 1.29 is 22.7 Å². The van der Waals surface area contributed by atoms with Crippen LogP contribution in [0.15, 0.2) is 29.2 Å². The SMILES string of the molecule is CC1([C@@H]2COC[C@H](COC(=O)N3CCC(N4CCCCC4)CC3)N2S(=O)(=O)c2ccc(Cl)cc2)CC1. The van der Waals surface area contributed by atoms with Crippen LogP contribution in [0.3, 0.4) is 0 Å². The minimum absolute atomic E-state index is 0.0235. The number of ether oxygens (including phenoxy) is 2. The van der Waals surface area contributed by atoms with Crippen molar-refractivity contribution in [3.05, 3.63) is 29.3 Å². The minimum Gasteiger partial charge on any atom is -0.448 e. The van der Waals surface area contributed by atoms with Crippen molar-refractivity contribution in [1.29, 1.82) is 0 Å². The smallest absolute Gasteiger partial charge is 0.409 e. The van der Waals surface area contributed by atoms with Gasteiger partial charge >= 0.3 is 6.09 Å². The molecule has 5 rings (SSSR count). The molecule has 8 nitrogen and oxygen atoms in total. The van der Waals surface area contributed by atoms with E-state index in [1.807, 2.05) is 0 Å². The molecule has 0 spiro atoms. The fraction of sp³-hybridized carbons (Fsp3) is 0.731. The molecule has 0 bridgehead atoms. The van der Waals surface area contributed by atoms with Gasteiger partial charge in [-0.05, 0) is 81.3 Å². The first-order valence-corrected chi connectivity index (χ1v) is 15.1. The number of carbonyl (C=O) groups is 1. The Morgan fingerprint density at radius 3 is 2.36 bits per heavy atom. The van der Waals surface area contributed by atoms with E-state index in [0.717, 1.165) is 38.8 Å². The zero-order valence-corrected chi connectivity index (χ0v) is 22.7. The number of nitrogens with zero attached hydrogens (tertiary/aromatic N) is 3. The van der Waals surface area contributed by atoms with Crippen LogP contribution in [0.1, 0.15) is 51.9 Å². The molecule has 1 saturated carbocycles. The number of likely N-dealkylation sites (tertiary alicyclic amines) is 2. The maximum absolute atomic E-state index is 13.8. The number of morpholine rings is 1. The monoisotopic (exact) mass is 539 g/mol. The van der Waals surface area contributed by atoms with Gasteiger partial charge in [0, 0.05) is 24.2 Å². The van der Waals surface area contributed by atoms with E-state index in [0.29, 0.717) is 30.8 Å². The number of hydrogen-bond acceptors (Lipinski definition) is 6. The molecule has 36 heavy (non-hydrogen) atoms. The highest BCUT2D eigenvalue weighted by Crippen LogP contribution is 2.52. The van der Waals surface area contributed by atoms with Crippen molar-refractivity contribution in [1.82, 2.24) is 14.1 Å². The van der Waals surface area contributed by atoms with E-state index >= 15 is 0 Å². The fourth-order valence-corrected chi connectivity index (χ4v) is 7.94. The Hall–Kier alpha value is -1.39. The number of benzene rings is 1. The van der Waals surface area contributed by atoms with Gasteiger partial charge in [-0.3, -0.25) is 0 Å². The van der Waals surface area contributed by atoms with Crippen LogP contribution in [-0.2, 0) is 19.5 Å². The zero-order chi connectivity index (χ0) is 25.3. The Balaban J connectivity index is 1.24. The van der Waals surface area contributed by atoms with Crippen LogP contribution < -0.4 is 0 Å². The predicted octanol–water partition coefficient (Wildman–Crippen LogP) is 3.99. The first-order chi connectivity index (χ1) is 17.3. The molecule has 3 aliphatic heterocycles. The summed E-state index contributed by atoms with van der Waals surface area (Å²) in [6.07, 6.45) is 7.30. The van der Waals surface area contributed by atoms with E-state index in [2.05, 4.69) is 11.8 Å². The molecular formula is C26H38ClN3O5S. The van der Waals surface area contributed by atoms with Gasteiger partial charge in [0.05, 0.1) is 30.2 Å². The van der Waals surface area contributed by atoms with E-state index in [1.165, 1.54) is 31.4 Å². The Labute approximate surface area is 219 Å². The topological polar surface area (TPSA) is 79.4 Å². The van der Waals surface area contributed by atoms with Gasteiger partial charge in [0.15, 0.2) is 0 Å². The van der Waals surface area contributed by atoms with Crippen molar-refractivity contribution in [2.24, 2.45) is 5.41 Å². The lowest BCUT2D eigenvalue weighted by molar-refractivity contribution is -0.0488. The van der Waals surface area contributed by atoms with Gasteiger partial charge < -0.3 is 19.3 Å². The van der Waals surface area contributed by atoms with Crippen LogP contribution in [0.4, 0.5) is 4.79 Å². The molecule has 10 heteroatoms. The lowest BCUT2D eigenvalue weighted by Gasteiger charge is -2.43. The predicted molar refractivity (Wildman–Crippen MR) is 138 cm³/mol. The summed E-state index contributed by atoms with van der Waals surface area (Å²) in [5.41, 5.74) is -0.126. The maximum Gasteiger partial charge on any atom is 0.409 e. The highest BCUT2D eigenvalue weighted by molar-refractivity contribution is 7.89. The number of piperidine rings is 2. The summed E-state index contributed by atoms with van der Waals surface area (Å²) in [4.78, 5) is 17.5. The van der Waals surface area contributed by atoms with Crippen molar-refractivity contribution >= 4 is 27.7 Å². The first kappa shape index (κ1) is 26.2. The molecule has 4 fully saturated rings. The van der Waals surface area contributed by atoms with Gasteiger partial charge in [-0.25, -0.2) is 13.2 Å². The zero-order valence-electron chi connectivity index (χ0n) is 21.1.